The van der Waals surface area contributed by atoms with E-state index < -0.39 is 6.10 Å². The van der Waals surface area contributed by atoms with E-state index >= 15 is 0 Å². The second-order valence-electron chi connectivity index (χ2n) is 6.07. The lowest BCUT2D eigenvalue weighted by molar-refractivity contribution is -0.128. The molecule has 122 valence electrons. The second-order valence-corrected chi connectivity index (χ2v) is 6.47. The molecule has 1 aromatic carbocycles. The summed E-state index contributed by atoms with van der Waals surface area (Å²) in [6.45, 7) is 4.30. The zero-order chi connectivity index (χ0) is 16.1. The van der Waals surface area contributed by atoms with E-state index in [-0.39, 0.29) is 11.9 Å². The lowest BCUT2D eigenvalue weighted by Gasteiger charge is -2.32. The van der Waals surface area contributed by atoms with Crippen LogP contribution >= 0.6 is 11.6 Å². The summed E-state index contributed by atoms with van der Waals surface area (Å²) >= 11 is 5.99. The fourth-order valence-electron chi connectivity index (χ4n) is 2.93. The molecule has 0 aliphatic heterocycles. The fraction of sp³-hybridized carbons (Fsp3) is 0.588. The monoisotopic (exact) mass is 324 g/mol. The van der Waals surface area contributed by atoms with Gasteiger partial charge < -0.3 is 15.8 Å². The minimum absolute atomic E-state index is 0.0852. The zero-order valence-electron chi connectivity index (χ0n) is 13.3. The Morgan fingerprint density at radius 3 is 2.86 bits per heavy atom. The molecule has 5 heteroatoms. The van der Waals surface area contributed by atoms with Gasteiger partial charge in [0.15, 0.2) is 6.10 Å². The summed E-state index contributed by atoms with van der Waals surface area (Å²) in [5, 5.41) is 3.79. The van der Waals surface area contributed by atoms with Crippen LogP contribution in [-0.4, -0.2) is 24.6 Å². The van der Waals surface area contributed by atoms with Gasteiger partial charge in [-0.25, -0.2) is 0 Å². The fourth-order valence-corrected chi connectivity index (χ4v) is 3.05. The molecule has 3 atom stereocenters. The molecule has 1 fully saturated rings. The van der Waals surface area contributed by atoms with E-state index in [2.05, 4.69) is 5.32 Å². The molecule has 2 rings (SSSR count). The Morgan fingerprint density at radius 1 is 1.45 bits per heavy atom. The third kappa shape index (κ3) is 4.37. The number of hydrogen-bond acceptors (Lipinski definition) is 3. The molecule has 1 amide bonds. The number of rotatable bonds is 5. The Morgan fingerprint density at radius 2 is 2.18 bits per heavy atom. The standard InChI is InChI=1S/C17H25ClN2O2/c1-11-9-14(7-8-15(11)18)22-12(2)17(21)20-16-6-4-3-5-13(16)10-19/h7-9,12-13,16H,3-6,10,19H2,1-2H3,(H,20,21). The summed E-state index contributed by atoms with van der Waals surface area (Å²) in [4.78, 5) is 12.3. The number of carbonyl (C=O) groups excluding carboxylic acids is 1. The summed E-state index contributed by atoms with van der Waals surface area (Å²) in [6, 6.07) is 5.57. The zero-order valence-corrected chi connectivity index (χ0v) is 14.0. The van der Waals surface area contributed by atoms with Crippen molar-refractivity contribution < 1.29 is 9.53 Å². The van der Waals surface area contributed by atoms with E-state index in [9.17, 15) is 4.79 Å². The quantitative estimate of drug-likeness (QED) is 0.875. The highest BCUT2D eigenvalue weighted by atomic mass is 35.5. The van der Waals surface area contributed by atoms with Gasteiger partial charge in [0, 0.05) is 11.1 Å². The highest BCUT2D eigenvalue weighted by Gasteiger charge is 2.27. The summed E-state index contributed by atoms with van der Waals surface area (Å²) in [5.74, 6) is 0.948. The number of amides is 1. The molecule has 4 nitrogen and oxygen atoms in total. The lowest BCUT2D eigenvalue weighted by atomic mass is 9.84. The Bertz CT molecular complexity index is 521. The van der Waals surface area contributed by atoms with Crippen LogP contribution < -0.4 is 15.8 Å². The second kappa shape index (κ2) is 7.84. The molecule has 0 saturated heterocycles. The minimum atomic E-state index is -0.541. The van der Waals surface area contributed by atoms with Crippen LogP contribution in [0.15, 0.2) is 18.2 Å². The Balaban J connectivity index is 1.92. The van der Waals surface area contributed by atoms with Crippen LogP contribution in [0.4, 0.5) is 0 Å². The lowest BCUT2D eigenvalue weighted by Crippen LogP contribution is -2.48. The number of nitrogens with one attached hydrogen (secondary N) is 1. The molecule has 22 heavy (non-hydrogen) atoms. The highest BCUT2D eigenvalue weighted by molar-refractivity contribution is 6.31. The van der Waals surface area contributed by atoms with E-state index in [1.54, 1.807) is 19.1 Å². The maximum absolute atomic E-state index is 12.3. The molecule has 3 N–H and O–H groups in total. The largest absolute Gasteiger partial charge is 0.481 e. The van der Waals surface area contributed by atoms with Gasteiger partial charge >= 0.3 is 0 Å². The normalized spacial score (nSPS) is 22.9. The predicted octanol–water partition coefficient (Wildman–Crippen LogP) is 3.05. The van der Waals surface area contributed by atoms with Crippen molar-refractivity contribution in [3.8, 4) is 5.75 Å². The first-order valence-electron chi connectivity index (χ1n) is 7.94. The number of nitrogens with two attached hydrogens (primary N) is 1. The Kier molecular flexibility index (Phi) is 6.09. The highest BCUT2D eigenvalue weighted by Crippen LogP contribution is 2.24. The van der Waals surface area contributed by atoms with Crippen molar-refractivity contribution in [2.24, 2.45) is 11.7 Å². The van der Waals surface area contributed by atoms with Crippen molar-refractivity contribution in [1.82, 2.24) is 5.32 Å². The molecule has 1 aromatic rings. The van der Waals surface area contributed by atoms with Gasteiger partial charge in [-0.15, -0.1) is 0 Å². The first kappa shape index (κ1) is 17.1. The maximum Gasteiger partial charge on any atom is 0.261 e. The van der Waals surface area contributed by atoms with E-state index in [4.69, 9.17) is 22.1 Å². The van der Waals surface area contributed by atoms with Gasteiger partial charge in [0.25, 0.3) is 5.91 Å². The molecule has 3 unspecified atom stereocenters. The average molecular weight is 325 g/mol. The number of benzene rings is 1. The van der Waals surface area contributed by atoms with Crippen molar-refractivity contribution >= 4 is 17.5 Å². The van der Waals surface area contributed by atoms with Crippen LogP contribution in [0, 0.1) is 12.8 Å². The molecular formula is C17H25ClN2O2. The first-order valence-corrected chi connectivity index (χ1v) is 8.32. The van der Waals surface area contributed by atoms with E-state index in [1.165, 1.54) is 6.42 Å². The first-order chi connectivity index (χ1) is 10.5. The van der Waals surface area contributed by atoms with Gasteiger partial charge in [-0.05, 0) is 62.9 Å². The molecule has 1 saturated carbocycles. The van der Waals surface area contributed by atoms with Crippen molar-refractivity contribution in [2.75, 3.05) is 6.54 Å². The van der Waals surface area contributed by atoms with E-state index in [0.29, 0.717) is 23.2 Å². The summed E-state index contributed by atoms with van der Waals surface area (Å²) in [5.41, 5.74) is 6.74. The van der Waals surface area contributed by atoms with Crippen LogP contribution in [-0.2, 0) is 4.79 Å². The topological polar surface area (TPSA) is 64.3 Å². The maximum atomic E-state index is 12.3. The van der Waals surface area contributed by atoms with Gasteiger partial charge in [-0.3, -0.25) is 4.79 Å². The van der Waals surface area contributed by atoms with Crippen LogP contribution in [0.2, 0.25) is 5.02 Å². The summed E-state index contributed by atoms with van der Waals surface area (Å²) < 4.78 is 5.72. The number of halogens is 1. The Hall–Kier alpha value is -1.26. The third-order valence-electron chi connectivity index (χ3n) is 4.35. The molecule has 0 heterocycles. The molecule has 0 radical (unpaired) electrons. The van der Waals surface area contributed by atoms with Crippen molar-refractivity contribution in [2.45, 2.75) is 51.7 Å². The molecule has 0 aromatic heterocycles. The number of aryl methyl sites for hydroxylation is 1. The number of hydrogen-bond donors (Lipinski definition) is 2. The van der Waals surface area contributed by atoms with Crippen molar-refractivity contribution in [3.05, 3.63) is 28.8 Å². The van der Waals surface area contributed by atoms with Gasteiger partial charge in [0.05, 0.1) is 0 Å². The molecule has 1 aliphatic rings. The minimum Gasteiger partial charge on any atom is -0.481 e. The van der Waals surface area contributed by atoms with Gasteiger partial charge in [0.2, 0.25) is 0 Å². The van der Waals surface area contributed by atoms with Crippen LogP contribution in [0.5, 0.6) is 5.75 Å². The summed E-state index contributed by atoms with van der Waals surface area (Å²) in [7, 11) is 0. The molecule has 0 spiro atoms. The van der Waals surface area contributed by atoms with E-state index in [0.717, 1.165) is 24.8 Å². The SMILES string of the molecule is Cc1cc(OC(C)C(=O)NC2CCCCC2CN)ccc1Cl. The van der Waals surface area contributed by atoms with Crippen molar-refractivity contribution in [1.29, 1.82) is 0 Å². The summed E-state index contributed by atoms with van der Waals surface area (Å²) in [6.07, 6.45) is 3.89. The van der Waals surface area contributed by atoms with E-state index in [1.807, 2.05) is 13.0 Å². The molecule has 0 bridgehead atoms. The van der Waals surface area contributed by atoms with Crippen LogP contribution in [0.1, 0.15) is 38.2 Å². The third-order valence-corrected chi connectivity index (χ3v) is 4.78. The van der Waals surface area contributed by atoms with Crippen molar-refractivity contribution in [3.63, 3.8) is 0 Å². The number of carbonyl (C=O) groups is 1. The molecule has 1 aliphatic carbocycles. The average Bonchev–Trinajstić information content (AvgIpc) is 2.51. The number of ether oxygens (including phenoxy) is 1. The molecular weight excluding hydrogens is 300 g/mol. The van der Waals surface area contributed by atoms with Crippen LogP contribution in [0.3, 0.4) is 0 Å². The predicted molar refractivity (Wildman–Crippen MR) is 89.2 cm³/mol. The van der Waals surface area contributed by atoms with Gasteiger partial charge in [0.1, 0.15) is 5.75 Å². The van der Waals surface area contributed by atoms with Gasteiger partial charge in [-0.2, -0.15) is 0 Å². The Labute approximate surface area is 137 Å². The van der Waals surface area contributed by atoms with Crippen LogP contribution in [0.25, 0.3) is 0 Å². The van der Waals surface area contributed by atoms with Gasteiger partial charge in [-0.1, -0.05) is 24.4 Å². The smallest absolute Gasteiger partial charge is 0.261 e.